The summed E-state index contributed by atoms with van der Waals surface area (Å²) in [7, 11) is 0. The molecule has 2 rings (SSSR count). The molecule has 2 aliphatic carbocycles. The highest BCUT2D eigenvalue weighted by Crippen LogP contribution is 2.53. The number of ketones is 2. The van der Waals surface area contributed by atoms with Crippen LogP contribution in [0.3, 0.4) is 0 Å². The van der Waals surface area contributed by atoms with Crippen molar-refractivity contribution in [2.75, 3.05) is 0 Å². The van der Waals surface area contributed by atoms with Gasteiger partial charge in [0.2, 0.25) is 0 Å². The van der Waals surface area contributed by atoms with Crippen LogP contribution >= 0.6 is 0 Å². The van der Waals surface area contributed by atoms with E-state index in [0.29, 0.717) is 5.92 Å². The van der Waals surface area contributed by atoms with Crippen LogP contribution in [0.25, 0.3) is 0 Å². The van der Waals surface area contributed by atoms with E-state index in [1.54, 1.807) is 6.92 Å². The van der Waals surface area contributed by atoms with Crippen molar-refractivity contribution in [3.63, 3.8) is 0 Å². The zero-order valence-corrected chi connectivity index (χ0v) is 7.59. The fourth-order valence-electron chi connectivity index (χ4n) is 2.83. The maximum Gasteiger partial charge on any atom is 0.149 e. The summed E-state index contributed by atoms with van der Waals surface area (Å²) < 4.78 is 0. The Balaban J connectivity index is 2.39. The van der Waals surface area contributed by atoms with Crippen molar-refractivity contribution in [3.8, 4) is 0 Å². The van der Waals surface area contributed by atoms with Crippen LogP contribution in [-0.4, -0.2) is 11.6 Å². The molecule has 12 heavy (non-hydrogen) atoms. The van der Waals surface area contributed by atoms with Crippen molar-refractivity contribution in [1.82, 2.24) is 0 Å². The first-order valence-electron chi connectivity index (χ1n) is 4.62. The van der Waals surface area contributed by atoms with E-state index in [2.05, 4.69) is 0 Å². The molecule has 0 N–H and O–H groups in total. The summed E-state index contributed by atoms with van der Waals surface area (Å²) in [6, 6.07) is 0. The predicted octanol–water partition coefficient (Wildman–Crippen LogP) is 1.58. The number of rotatable bonds is 1. The van der Waals surface area contributed by atoms with Crippen molar-refractivity contribution < 1.29 is 9.59 Å². The number of fused-ring (bicyclic) bond motifs is 2. The summed E-state index contributed by atoms with van der Waals surface area (Å²) in [5.74, 6) is 0.849. The van der Waals surface area contributed by atoms with Gasteiger partial charge in [-0.05, 0) is 39.0 Å². The summed E-state index contributed by atoms with van der Waals surface area (Å²) >= 11 is 0. The topological polar surface area (TPSA) is 34.1 Å². The molecular weight excluding hydrogens is 152 g/mol. The highest BCUT2D eigenvalue weighted by Gasteiger charge is 2.57. The Morgan fingerprint density at radius 3 is 2.50 bits per heavy atom. The van der Waals surface area contributed by atoms with Gasteiger partial charge in [-0.15, -0.1) is 0 Å². The van der Waals surface area contributed by atoms with Crippen LogP contribution in [-0.2, 0) is 9.59 Å². The van der Waals surface area contributed by atoms with E-state index >= 15 is 0 Å². The van der Waals surface area contributed by atoms with Crippen LogP contribution in [0.5, 0.6) is 0 Å². The van der Waals surface area contributed by atoms with E-state index in [1.165, 1.54) is 0 Å². The lowest BCUT2D eigenvalue weighted by molar-refractivity contribution is -0.141. The Hall–Kier alpha value is -0.660. The molecule has 0 aliphatic heterocycles. The van der Waals surface area contributed by atoms with Gasteiger partial charge in [0.15, 0.2) is 0 Å². The third-order valence-corrected chi connectivity index (χ3v) is 3.86. The molecule has 2 fully saturated rings. The second-order valence-electron chi connectivity index (χ2n) is 4.33. The summed E-state index contributed by atoms with van der Waals surface area (Å²) in [4.78, 5) is 23.1. The van der Waals surface area contributed by atoms with Crippen LogP contribution in [0.2, 0.25) is 0 Å². The predicted molar refractivity (Wildman–Crippen MR) is 44.6 cm³/mol. The van der Waals surface area contributed by atoms with E-state index in [9.17, 15) is 9.59 Å². The number of hydrogen-bond acceptors (Lipinski definition) is 2. The van der Waals surface area contributed by atoms with E-state index in [1.807, 2.05) is 6.92 Å². The van der Waals surface area contributed by atoms with E-state index in [0.717, 1.165) is 19.3 Å². The van der Waals surface area contributed by atoms with E-state index < -0.39 is 5.41 Å². The molecule has 66 valence electrons. The highest BCUT2D eigenvalue weighted by atomic mass is 16.2. The van der Waals surface area contributed by atoms with Gasteiger partial charge in [-0.3, -0.25) is 9.59 Å². The van der Waals surface area contributed by atoms with Gasteiger partial charge in [0.1, 0.15) is 11.6 Å². The molecule has 2 heteroatoms. The fourth-order valence-corrected chi connectivity index (χ4v) is 2.83. The molecule has 2 nitrogen and oxygen atoms in total. The Labute approximate surface area is 72.3 Å². The maximum atomic E-state index is 11.7. The van der Waals surface area contributed by atoms with Gasteiger partial charge in [-0.25, -0.2) is 0 Å². The molecule has 0 aromatic carbocycles. The van der Waals surface area contributed by atoms with E-state index in [4.69, 9.17) is 0 Å². The molecule has 0 heterocycles. The lowest BCUT2D eigenvalue weighted by Gasteiger charge is -2.29. The van der Waals surface area contributed by atoms with E-state index in [-0.39, 0.29) is 17.5 Å². The Morgan fingerprint density at radius 1 is 1.50 bits per heavy atom. The standard InChI is InChI=1S/C10H14O2/c1-6(11)10(2)8-4-3-7(5-8)9(10)12/h7-8H,3-5H2,1-2H3/t7-,8+,10+/m1/s1. The van der Waals surface area contributed by atoms with Gasteiger partial charge in [-0.1, -0.05) is 0 Å². The lowest BCUT2D eigenvalue weighted by atomic mass is 9.71. The normalized spacial score (nSPS) is 45.3. The molecule has 0 aromatic heterocycles. The monoisotopic (exact) mass is 166 g/mol. The maximum absolute atomic E-state index is 11.7. The Kier molecular flexibility index (Phi) is 1.45. The SMILES string of the molecule is CC(=O)[C@]1(C)C(=O)[C@@H]2CC[C@H]1C2. The molecule has 2 aliphatic rings. The minimum Gasteiger partial charge on any atom is -0.299 e. The summed E-state index contributed by atoms with van der Waals surface area (Å²) in [6.07, 6.45) is 3.06. The largest absolute Gasteiger partial charge is 0.299 e. The van der Waals surface area contributed by atoms with Gasteiger partial charge >= 0.3 is 0 Å². The van der Waals surface area contributed by atoms with Crippen molar-refractivity contribution in [1.29, 1.82) is 0 Å². The Morgan fingerprint density at radius 2 is 2.17 bits per heavy atom. The van der Waals surface area contributed by atoms with Gasteiger partial charge in [0, 0.05) is 5.92 Å². The molecule has 0 amide bonds. The minimum absolute atomic E-state index is 0.0692. The number of carbonyl (C=O) groups excluding carboxylic acids is 2. The number of carbonyl (C=O) groups is 2. The lowest BCUT2D eigenvalue weighted by Crippen LogP contribution is -2.39. The molecule has 2 bridgehead atoms. The van der Waals surface area contributed by atoms with Crippen molar-refractivity contribution in [3.05, 3.63) is 0 Å². The zero-order chi connectivity index (χ0) is 8.93. The van der Waals surface area contributed by atoms with Gasteiger partial charge < -0.3 is 0 Å². The van der Waals surface area contributed by atoms with Gasteiger partial charge in [0.05, 0.1) is 5.41 Å². The zero-order valence-electron chi connectivity index (χ0n) is 7.59. The third-order valence-electron chi connectivity index (χ3n) is 3.86. The first-order chi connectivity index (χ1) is 5.56. The highest BCUT2D eigenvalue weighted by molar-refractivity contribution is 6.09. The summed E-state index contributed by atoms with van der Waals surface area (Å²) in [5.41, 5.74) is -0.608. The summed E-state index contributed by atoms with van der Waals surface area (Å²) in [5, 5.41) is 0. The molecule has 0 unspecified atom stereocenters. The van der Waals surface area contributed by atoms with Crippen LogP contribution in [0.15, 0.2) is 0 Å². The quantitative estimate of drug-likeness (QED) is 0.554. The van der Waals surface area contributed by atoms with Crippen molar-refractivity contribution in [2.45, 2.75) is 33.1 Å². The fraction of sp³-hybridized carbons (Fsp3) is 0.800. The molecule has 0 spiro atoms. The van der Waals surface area contributed by atoms with Crippen molar-refractivity contribution >= 4 is 11.6 Å². The second-order valence-corrected chi connectivity index (χ2v) is 4.33. The number of Topliss-reactive ketones (excluding diaryl/α,β-unsaturated/α-hetero) is 2. The molecule has 0 aromatic rings. The number of hydrogen-bond donors (Lipinski definition) is 0. The molecule has 0 radical (unpaired) electrons. The molecule has 0 saturated heterocycles. The average Bonchev–Trinajstić information content (AvgIpc) is 2.55. The van der Waals surface area contributed by atoms with Crippen molar-refractivity contribution in [2.24, 2.45) is 17.3 Å². The second kappa shape index (κ2) is 2.18. The molecule has 3 atom stereocenters. The molecular formula is C10H14O2. The van der Waals surface area contributed by atoms with Crippen LogP contribution < -0.4 is 0 Å². The smallest absolute Gasteiger partial charge is 0.149 e. The van der Waals surface area contributed by atoms with Crippen LogP contribution in [0.1, 0.15) is 33.1 Å². The van der Waals surface area contributed by atoms with Crippen LogP contribution in [0, 0.1) is 17.3 Å². The molecule has 2 saturated carbocycles. The summed E-state index contributed by atoms with van der Waals surface area (Å²) in [6.45, 7) is 3.39. The van der Waals surface area contributed by atoms with Gasteiger partial charge in [0.25, 0.3) is 0 Å². The van der Waals surface area contributed by atoms with Gasteiger partial charge in [-0.2, -0.15) is 0 Å². The Bertz CT molecular complexity index is 257. The first-order valence-corrected chi connectivity index (χ1v) is 4.62. The van der Waals surface area contributed by atoms with Crippen LogP contribution in [0.4, 0.5) is 0 Å². The first kappa shape index (κ1) is 7.96. The average molecular weight is 166 g/mol. The minimum atomic E-state index is -0.608. The third kappa shape index (κ3) is 0.706.